The van der Waals surface area contributed by atoms with Crippen molar-refractivity contribution in [3.63, 3.8) is 0 Å². The van der Waals surface area contributed by atoms with Crippen LogP contribution < -0.4 is 14.2 Å². The molecule has 1 aromatic carbocycles. The lowest BCUT2D eigenvalue weighted by Crippen LogP contribution is -2.07. The van der Waals surface area contributed by atoms with Crippen LogP contribution in [0.4, 0.5) is 0 Å². The quantitative estimate of drug-likeness (QED) is 0.622. The lowest BCUT2D eigenvalue weighted by Gasteiger charge is -2.11. The predicted octanol–water partition coefficient (Wildman–Crippen LogP) is 1.54. The van der Waals surface area contributed by atoms with Crippen molar-refractivity contribution < 1.29 is 24.1 Å². The topological polar surface area (TPSA) is 65.0 Å². The van der Waals surface area contributed by atoms with Gasteiger partial charge in [-0.3, -0.25) is 4.79 Å². The van der Waals surface area contributed by atoms with E-state index in [2.05, 4.69) is 6.92 Å². The van der Waals surface area contributed by atoms with Crippen LogP contribution in [0.3, 0.4) is 0 Å². The van der Waals surface area contributed by atoms with E-state index >= 15 is 0 Å². The average molecular weight is 225 g/mol. The van der Waals surface area contributed by atoms with Crippen molar-refractivity contribution in [3.8, 4) is 23.0 Å². The van der Waals surface area contributed by atoms with Gasteiger partial charge in [-0.25, -0.2) is 0 Å². The van der Waals surface area contributed by atoms with Gasteiger partial charge in [0.25, 0.3) is 0 Å². The summed E-state index contributed by atoms with van der Waals surface area (Å²) in [4.78, 5) is 11.1. The first kappa shape index (κ1) is 12.2. The maximum absolute atomic E-state index is 11.1. The van der Waals surface area contributed by atoms with Crippen molar-refractivity contribution in [2.75, 3.05) is 14.2 Å². The van der Waals surface area contributed by atoms with Crippen molar-refractivity contribution in [1.82, 2.24) is 0 Å². The number of ether oxygens (including phenoxy) is 3. The molecule has 0 spiro atoms. The molecular formula is C11H13O5. The van der Waals surface area contributed by atoms with E-state index in [1.807, 2.05) is 0 Å². The summed E-state index contributed by atoms with van der Waals surface area (Å²) in [6.45, 7) is 3.39. The second-order valence-electron chi connectivity index (χ2n) is 2.90. The van der Waals surface area contributed by atoms with Crippen molar-refractivity contribution >= 4 is 5.97 Å². The first-order chi connectivity index (χ1) is 7.62. The number of benzene rings is 1. The van der Waals surface area contributed by atoms with Crippen molar-refractivity contribution in [2.24, 2.45) is 0 Å². The number of phenols is 1. The Balaban J connectivity index is 3.12. The minimum atomic E-state index is -0.522. The molecule has 1 rings (SSSR count). The summed E-state index contributed by atoms with van der Waals surface area (Å²) in [7, 11) is 2.80. The van der Waals surface area contributed by atoms with E-state index in [-0.39, 0.29) is 23.7 Å². The summed E-state index contributed by atoms with van der Waals surface area (Å²) in [5.41, 5.74) is 0. The maximum Gasteiger partial charge on any atom is 0.311 e. The molecular weight excluding hydrogens is 212 g/mol. The number of carbonyl (C=O) groups is 1. The van der Waals surface area contributed by atoms with Gasteiger partial charge in [-0.2, -0.15) is 0 Å². The number of esters is 1. The Labute approximate surface area is 93.6 Å². The Morgan fingerprint density at radius 3 is 2.56 bits per heavy atom. The van der Waals surface area contributed by atoms with Gasteiger partial charge in [-0.05, 0) is 6.92 Å². The number of phenolic OH excluding ortho intramolecular Hbond substituents is 1. The van der Waals surface area contributed by atoms with Crippen LogP contribution in [0.25, 0.3) is 0 Å². The van der Waals surface area contributed by atoms with E-state index in [1.165, 1.54) is 26.4 Å². The number of carbonyl (C=O) groups excluding carboxylic acids is 1. The molecule has 0 amide bonds. The van der Waals surface area contributed by atoms with Gasteiger partial charge < -0.3 is 19.3 Å². The van der Waals surface area contributed by atoms with Gasteiger partial charge in [0.2, 0.25) is 5.75 Å². The molecule has 0 aliphatic heterocycles. The third kappa shape index (κ3) is 2.56. The Bertz CT molecular complexity index is 386. The summed E-state index contributed by atoms with van der Waals surface area (Å²) in [6, 6.07) is 2.81. The number of aromatic hydroxyl groups is 1. The van der Waals surface area contributed by atoms with Crippen molar-refractivity contribution in [3.05, 3.63) is 19.1 Å². The molecule has 5 nitrogen and oxygen atoms in total. The van der Waals surface area contributed by atoms with Crippen LogP contribution in [0.1, 0.15) is 6.42 Å². The average Bonchev–Trinajstić information content (AvgIpc) is 2.28. The molecule has 0 heterocycles. The zero-order valence-electron chi connectivity index (χ0n) is 9.15. The number of hydrogen-bond acceptors (Lipinski definition) is 5. The number of rotatable bonds is 4. The maximum atomic E-state index is 11.1. The fourth-order valence-corrected chi connectivity index (χ4v) is 1.14. The minimum Gasteiger partial charge on any atom is -0.504 e. The van der Waals surface area contributed by atoms with Gasteiger partial charge in [0.1, 0.15) is 5.75 Å². The molecule has 5 heteroatoms. The largest absolute Gasteiger partial charge is 0.504 e. The van der Waals surface area contributed by atoms with Gasteiger partial charge in [0.15, 0.2) is 11.5 Å². The van der Waals surface area contributed by atoms with Gasteiger partial charge in [-0.1, -0.05) is 0 Å². The van der Waals surface area contributed by atoms with E-state index in [0.717, 1.165) is 0 Å². The second kappa shape index (κ2) is 5.25. The van der Waals surface area contributed by atoms with E-state index < -0.39 is 5.97 Å². The van der Waals surface area contributed by atoms with E-state index in [9.17, 15) is 9.90 Å². The molecule has 0 saturated heterocycles. The van der Waals surface area contributed by atoms with Gasteiger partial charge in [0.05, 0.1) is 14.2 Å². The lowest BCUT2D eigenvalue weighted by atomic mass is 10.2. The van der Waals surface area contributed by atoms with Crippen LogP contribution in [0.2, 0.25) is 0 Å². The normalized spacial score (nSPS) is 9.69. The molecule has 0 atom stereocenters. The van der Waals surface area contributed by atoms with Crippen LogP contribution in [-0.4, -0.2) is 25.3 Å². The molecule has 0 saturated carbocycles. The Kier molecular flexibility index (Phi) is 3.99. The summed E-state index contributed by atoms with van der Waals surface area (Å²) < 4.78 is 14.8. The summed E-state index contributed by atoms with van der Waals surface area (Å²) >= 11 is 0. The standard InChI is InChI=1S/C11H13O5/c1-4-10(13)16-9-6-7(14-2)5-8(12)11(9)15-3/h5-6,12H,1,4H2,2-3H3. The predicted molar refractivity (Wildman–Crippen MR) is 56.8 cm³/mol. The summed E-state index contributed by atoms with van der Waals surface area (Å²) in [5, 5.41) is 9.58. The van der Waals surface area contributed by atoms with E-state index in [4.69, 9.17) is 14.2 Å². The van der Waals surface area contributed by atoms with Crippen LogP contribution in [0.15, 0.2) is 12.1 Å². The molecule has 0 aromatic heterocycles. The first-order valence-corrected chi connectivity index (χ1v) is 4.57. The third-order valence-electron chi connectivity index (χ3n) is 1.88. The Morgan fingerprint density at radius 1 is 1.38 bits per heavy atom. The van der Waals surface area contributed by atoms with Crippen molar-refractivity contribution in [2.45, 2.75) is 6.42 Å². The van der Waals surface area contributed by atoms with Crippen LogP contribution >= 0.6 is 0 Å². The Hall–Kier alpha value is -1.91. The van der Waals surface area contributed by atoms with Gasteiger partial charge in [0, 0.05) is 18.6 Å². The number of methoxy groups -OCH3 is 2. The number of hydrogen-bond donors (Lipinski definition) is 1. The van der Waals surface area contributed by atoms with Crippen LogP contribution in [-0.2, 0) is 4.79 Å². The smallest absolute Gasteiger partial charge is 0.311 e. The minimum absolute atomic E-state index is 0.0128. The summed E-state index contributed by atoms with van der Waals surface area (Å²) in [5.74, 6) is -0.125. The molecule has 1 aromatic rings. The van der Waals surface area contributed by atoms with Crippen molar-refractivity contribution in [1.29, 1.82) is 0 Å². The monoisotopic (exact) mass is 225 g/mol. The SMILES string of the molecule is [CH2]CC(=O)Oc1cc(OC)cc(O)c1OC. The highest BCUT2D eigenvalue weighted by Gasteiger charge is 2.15. The molecule has 87 valence electrons. The fourth-order valence-electron chi connectivity index (χ4n) is 1.14. The molecule has 0 aliphatic rings. The van der Waals surface area contributed by atoms with E-state index in [0.29, 0.717) is 5.75 Å². The highest BCUT2D eigenvalue weighted by molar-refractivity contribution is 5.74. The molecule has 1 radical (unpaired) electrons. The fraction of sp³-hybridized carbons (Fsp3) is 0.273. The highest BCUT2D eigenvalue weighted by atomic mass is 16.6. The molecule has 16 heavy (non-hydrogen) atoms. The molecule has 0 unspecified atom stereocenters. The third-order valence-corrected chi connectivity index (χ3v) is 1.88. The van der Waals surface area contributed by atoms with Gasteiger partial charge in [-0.15, -0.1) is 0 Å². The molecule has 0 bridgehead atoms. The molecule has 0 fully saturated rings. The second-order valence-corrected chi connectivity index (χ2v) is 2.90. The molecule has 1 N–H and O–H groups in total. The lowest BCUT2D eigenvalue weighted by molar-refractivity contribution is -0.133. The summed E-state index contributed by atoms with van der Waals surface area (Å²) in [6.07, 6.45) is -0.0128. The first-order valence-electron chi connectivity index (χ1n) is 4.57. The van der Waals surface area contributed by atoms with Crippen LogP contribution in [0.5, 0.6) is 23.0 Å². The highest BCUT2D eigenvalue weighted by Crippen LogP contribution is 2.40. The zero-order valence-corrected chi connectivity index (χ0v) is 9.15. The van der Waals surface area contributed by atoms with Crippen LogP contribution in [0, 0.1) is 6.92 Å². The molecule has 0 aliphatic carbocycles. The Morgan fingerprint density at radius 2 is 2.06 bits per heavy atom. The van der Waals surface area contributed by atoms with Gasteiger partial charge >= 0.3 is 5.97 Å². The zero-order chi connectivity index (χ0) is 12.1. The van der Waals surface area contributed by atoms with E-state index in [1.54, 1.807) is 0 Å².